The standard InChI is InChI=1S/C17H21NO8S/c1-5-9-27(21,22)18-17-16(25-10(2)19)13(20)15(26-17)11-7-6-8-12(23-3)14(11)24-4/h6-8,18,20H,5,9H2,1-4H3. The number of esters is 1. The van der Waals surface area contributed by atoms with Gasteiger partial charge in [0, 0.05) is 6.92 Å². The van der Waals surface area contributed by atoms with Gasteiger partial charge >= 0.3 is 5.97 Å². The van der Waals surface area contributed by atoms with Crippen LogP contribution in [0.25, 0.3) is 11.3 Å². The van der Waals surface area contributed by atoms with Crippen molar-refractivity contribution in [3.8, 4) is 34.3 Å². The molecule has 1 aromatic heterocycles. The van der Waals surface area contributed by atoms with Gasteiger partial charge in [0.05, 0.1) is 25.5 Å². The summed E-state index contributed by atoms with van der Waals surface area (Å²) in [5, 5.41) is 10.5. The molecule has 1 aromatic carbocycles. The van der Waals surface area contributed by atoms with Gasteiger partial charge in [0.25, 0.3) is 5.88 Å². The lowest BCUT2D eigenvalue weighted by Crippen LogP contribution is -2.16. The molecule has 0 aliphatic carbocycles. The van der Waals surface area contributed by atoms with Crippen LogP contribution in [0, 0.1) is 0 Å². The van der Waals surface area contributed by atoms with Crippen LogP contribution >= 0.6 is 0 Å². The molecule has 0 amide bonds. The lowest BCUT2D eigenvalue weighted by Gasteiger charge is -2.11. The van der Waals surface area contributed by atoms with Crippen molar-refractivity contribution < 1.29 is 36.9 Å². The number of carbonyl (C=O) groups is 1. The number of ether oxygens (including phenoxy) is 3. The van der Waals surface area contributed by atoms with Gasteiger partial charge in [0.15, 0.2) is 17.3 Å². The van der Waals surface area contributed by atoms with E-state index in [4.69, 9.17) is 18.6 Å². The molecule has 0 fully saturated rings. The van der Waals surface area contributed by atoms with E-state index in [2.05, 4.69) is 4.72 Å². The maximum Gasteiger partial charge on any atom is 0.308 e. The van der Waals surface area contributed by atoms with Gasteiger partial charge in [-0.2, -0.15) is 0 Å². The van der Waals surface area contributed by atoms with Crippen molar-refractivity contribution in [1.82, 2.24) is 0 Å². The van der Waals surface area contributed by atoms with Gasteiger partial charge in [-0.3, -0.25) is 4.79 Å². The number of furan rings is 1. The second kappa shape index (κ2) is 8.21. The fourth-order valence-corrected chi connectivity index (χ4v) is 3.48. The third-order valence-corrected chi connectivity index (χ3v) is 4.90. The Morgan fingerprint density at radius 2 is 1.93 bits per heavy atom. The second-order valence-corrected chi connectivity index (χ2v) is 7.34. The molecule has 0 atom stereocenters. The fourth-order valence-electron chi connectivity index (χ4n) is 2.42. The molecule has 0 aliphatic heterocycles. The molecular formula is C17H21NO8S. The van der Waals surface area contributed by atoms with E-state index in [1.165, 1.54) is 14.2 Å². The molecule has 0 saturated heterocycles. The number of rotatable bonds is 8. The zero-order valence-corrected chi connectivity index (χ0v) is 16.2. The summed E-state index contributed by atoms with van der Waals surface area (Å²) < 4.78 is 47.3. The first kappa shape index (κ1) is 20.4. The number of para-hydroxylation sites is 1. The van der Waals surface area contributed by atoms with E-state index in [-0.39, 0.29) is 22.8 Å². The molecule has 0 unspecified atom stereocenters. The summed E-state index contributed by atoms with van der Waals surface area (Å²) in [6.45, 7) is 2.81. The number of carbonyl (C=O) groups excluding carboxylic acids is 1. The average Bonchev–Trinajstić information content (AvgIpc) is 2.89. The summed E-state index contributed by atoms with van der Waals surface area (Å²) in [6, 6.07) is 4.84. The lowest BCUT2D eigenvalue weighted by atomic mass is 10.1. The molecule has 0 saturated carbocycles. The van der Waals surface area contributed by atoms with Crippen LogP contribution in [0.4, 0.5) is 5.88 Å². The molecule has 27 heavy (non-hydrogen) atoms. The molecular weight excluding hydrogens is 378 g/mol. The van der Waals surface area contributed by atoms with E-state index in [1.54, 1.807) is 25.1 Å². The Balaban J connectivity index is 2.64. The highest BCUT2D eigenvalue weighted by molar-refractivity contribution is 7.92. The van der Waals surface area contributed by atoms with Crippen molar-refractivity contribution in [3.63, 3.8) is 0 Å². The Bertz CT molecular complexity index is 933. The Morgan fingerprint density at radius 3 is 2.48 bits per heavy atom. The van der Waals surface area contributed by atoms with E-state index < -0.39 is 33.4 Å². The zero-order chi connectivity index (χ0) is 20.2. The molecule has 148 valence electrons. The predicted molar refractivity (Wildman–Crippen MR) is 97.9 cm³/mol. The van der Waals surface area contributed by atoms with Gasteiger partial charge in [-0.15, -0.1) is 0 Å². The number of aromatic hydroxyl groups is 1. The normalized spacial score (nSPS) is 11.1. The van der Waals surface area contributed by atoms with Crippen molar-refractivity contribution in [2.45, 2.75) is 20.3 Å². The van der Waals surface area contributed by atoms with Crippen molar-refractivity contribution in [3.05, 3.63) is 18.2 Å². The summed E-state index contributed by atoms with van der Waals surface area (Å²) in [7, 11) is -0.915. The topological polar surface area (TPSA) is 124 Å². The number of anilines is 1. The number of methoxy groups -OCH3 is 2. The van der Waals surface area contributed by atoms with Gasteiger partial charge in [-0.1, -0.05) is 13.0 Å². The summed E-state index contributed by atoms with van der Waals surface area (Å²) in [5.41, 5.74) is 0.281. The quantitative estimate of drug-likeness (QED) is 0.649. The van der Waals surface area contributed by atoms with Crippen LogP contribution in [0.15, 0.2) is 22.6 Å². The Labute approximate surface area is 156 Å². The van der Waals surface area contributed by atoms with Crippen LogP contribution < -0.4 is 18.9 Å². The van der Waals surface area contributed by atoms with Crippen LogP contribution in [0.5, 0.6) is 23.0 Å². The highest BCUT2D eigenvalue weighted by Crippen LogP contribution is 2.50. The van der Waals surface area contributed by atoms with E-state index in [9.17, 15) is 18.3 Å². The van der Waals surface area contributed by atoms with Gasteiger partial charge in [0.2, 0.25) is 21.5 Å². The Morgan fingerprint density at radius 1 is 1.22 bits per heavy atom. The van der Waals surface area contributed by atoms with Crippen molar-refractivity contribution in [2.75, 3.05) is 24.7 Å². The summed E-state index contributed by atoms with van der Waals surface area (Å²) in [5.74, 6) is -1.84. The van der Waals surface area contributed by atoms with Crippen LogP contribution in [0.3, 0.4) is 0 Å². The molecule has 0 aliphatic rings. The number of sulfonamides is 1. The SMILES string of the molecule is CCCS(=O)(=O)Nc1oc(-c2cccc(OC)c2OC)c(O)c1OC(C)=O. The van der Waals surface area contributed by atoms with Crippen LogP contribution in [0.2, 0.25) is 0 Å². The molecule has 9 nitrogen and oxygen atoms in total. The molecule has 0 bridgehead atoms. The minimum Gasteiger partial charge on any atom is -0.502 e. The average molecular weight is 399 g/mol. The Hall–Kier alpha value is -2.88. The molecule has 10 heteroatoms. The van der Waals surface area contributed by atoms with E-state index in [0.717, 1.165) is 6.92 Å². The fraction of sp³-hybridized carbons (Fsp3) is 0.353. The largest absolute Gasteiger partial charge is 0.502 e. The summed E-state index contributed by atoms with van der Waals surface area (Å²) >= 11 is 0. The molecule has 0 radical (unpaired) electrons. The zero-order valence-electron chi connectivity index (χ0n) is 15.4. The molecule has 1 heterocycles. The maximum absolute atomic E-state index is 12.1. The monoisotopic (exact) mass is 399 g/mol. The van der Waals surface area contributed by atoms with E-state index in [0.29, 0.717) is 12.2 Å². The molecule has 2 aromatic rings. The highest BCUT2D eigenvalue weighted by atomic mass is 32.2. The van der Waals surface area contributed by atoms with Gasteiger partial charge in [-0.25, -0.2) is 13.1 Å². The number of benzene rings is 1. The molecule has 0 spiro atoms. The van der Waals surface area contributed by atoms with Crippen molar-refractivity contribution in [2.24, 2.45) is 0 Å². The van der Waals surface area contributed by atoms with Crippen LogP contribution in [-0.2, 0) is 14.8 Å². The van der Waals surface area contributed by atoms with E-state index >= 15 is 0 Å². The summed E-state index contributed by atoms with van der Waals surface area (Å²) in [6.07, 6.45) is 0.363. The minimum absolute atomic E-state index is 0.142. The predicted octanol–water partition coefficient (Wildman–Crippen LogP) is 2.75. The third-order valence-electron chi connectivity index (χ3n) is 3.45. The lowest BCUT2D eigenvalue weighted by molar-refractivity contribution is -0.131. The summed E-state index contributed by atoms with van der Waals surface area (Å²) in [4.78, 5) is 11.4. The van der Waals surface area contributed by atoms with Crippen LogP contribution in [-0.4, -0.2) is 39.5 Å². The first-order valence-electron chi connectivity index (χ1n) is 8.00. The third kappa shape index (κ3) is 4.45. The highest BCUT2D eigenvalue weighted by Gasteiger charge is 2.29. The number of hydrogen-bond acceptors (Lipinski definition) is 8. The number of nitrogens with one attached hydrogen (secondary N) is 1. The first-order valence-corrected chi connectivity index (χ1v) is 9.65. The van der Waals surface area contributed by atoms with E-state index in [1.807, 2.05) is 0 Å². The van der Waals surface area contributed by atoms with Gasteiger partial charge in [0.1, 0.15) is 0 Å². The van der Waals surface area contributed by atoms with Crippen molar-refractivity contribution >= 4 is 21.9 Å². The minimum atomic E-state index is -3.76. The van der Waals surface area contributed by atoms with Crippen LogP contribution in [0.1, 0.15) is 20.3 Å². The first-order chi connectivity index (χ1) is 12.7. The Kier molecular flexibility index (Phi) is 6.21. The smallest absolute Gasteiger partial charge is 0.308 e. The second-order valence-electron chi connectivity index (χ2n) is 5.49. The molecule has 2 N–H and O–H groups in total. The maximum atomic E-state index is 12.1. The number of hydrogen-bond donors (Lipinski definition) is 2. The van der Waals surface area contributed by atoms with Crippen molar-refractivity contribution in [1.29, 1.82) is 0 Å². The van der Waals surface area contributed by atoms with Gasteiger partial charge in [-0.05, 0) is 18.6 Å². The molecule has 2 rings (SSSR count). The van der Waals surface area contributed by atoms with Gasteiger partial charge < -0.3 is 23.7 Å².